The average molecular weight is 471 g/mol. The van der Waals surface area contributed by atoms with Crippen LogP contribution in [-0.4, -0.2) is 30.3 Å². The maximum atomic E-state index is 14.1. The van der Waals surface area contributed by atoms with Gasteiger partial charge in [-0.1, -0.05) is 48.5 Å². The largest absolute Gasteiger partial charge is 0.486 e. The first-order chi connectivity index (χ1) is 17.0. The number of aromatic carboxylic acids is 1. The molecule has 0 saturated heterocycles. The SMILES string of the molecule is CC(NCCC1CN(c2cccc(C(=O)O)c2)c2cc(F)ccc2O1)c1cccc2ccccc12. The van der Waals surface area contributed by atoms with Gasteiger partial charge in [-0.3, -0.25) is 0 Å². The zero-order valence-corrected chi connectivity index (χ0v) is 19.4. The summed E-state index contributed by atoms with van der Waals surface area (Å²) in [6.45, 7) is 3.38. The van der Waals surface area contributed by atoms with Gasteiger partial charge in [-0.15, -0.1) is 0 Å². The number of rotatable bonds is 7. The number of nitrogens with zero attached hydrogens (tertiary/aromatic N) is 1. The van der Waals surface area contributed by atoms with Crippen molar-refractivity contribution in [2.24, 2.45) is 0 Å². The zero-order valence-electron chi connectivity index (χ0n) is 19.4. The number of hydrogen-bond acceptors (Lipinski definition) is 4. The fourth-order valence-electron chi connectivity index (χ4n) is 4.72. The number of ether oxygens (including phenoxy) is 1. The van der Waals surface area contributed by atoms with E-state index in [2.05, 4.69) is 48.6 Å². The molecule has 1 aliphatic rings. The molecule has 0 aliphatic carbocycles. The van der Waals surface area contributed by atoms with Gasteiger partial charge in [0, 0.05) is 17.8 Å². The lowest BCUT2D eigenvalue weighted by Crippen LogP contribution is -2.39. The molecule has 0 saturated carbocycles. The topological polar surface area (TPSA) is 61.8 Å². The summed E-state index contributed by atoms with van der Waals surface area (Å²) in [6, 6.07) is 26.0. The second-order valence-corrected chi connectivity index (χ2v) is 8.85. The summed E-state index contributed by atoms with van der Waals surface area (Å²) in [5.41, 5.74) is 2.73. The molecule has 2 unspecified atom stereocenters. The Labute approximate surface area is 203 Å². The second kappa shape index (κ2) is 9.76. The molecule has 1 aliphatic heterocycles. The molecule has 2 N–H and O–H groups in total. The number of hydrogen-bond donors (Lipinski definition) is 2. The lowest BCUT2D eigenvalue weighted by molar-refractivity contribution is 0.0697. The maximum Gasteiger partial charge on any atom is 0.335 e. The third-order valence-corrected chi connectivity index (χ3v) is 6.50. The van der Waals surface area contributed by atoms with Gasteiger partial charge < -0.3 is 20.1 Å². The Hall–Kier alpha value is -3.90. The van der Waals surface area contributed by atoms with E-state index in [1.807, 2.05) is 17.0 Å². The van der Waals surface area contributed by atoms with Crippen molar-refractivity contribution in [1.82, 2.24) is 5.32 Å². The molecular formula is C29H27FN2O3. The van der Waals surface area contributed by atoms with E-state index in [4.69, 9.17) is 4.74 Å². The highest BCUT2D eigenvalue weighted by atomic mass is 19.1. The Morgan fingerprint density at radius 1 is 1.09 bits per heavy atom. The van der Waals surface area contributed by atoms with Gasteiger partial charge in [0.15, 0.2) is 0 Å². The molecular weight excluding hydrogens is 443 g/mol. The van der Waals surface area contributed by atoms with Gasteiger partial charge in [0.05, 0.1) is 17.8 Å². The molecule has 6 heteroatoms. The molecule has 4 aromatic rings. The minimum Gasteiger partial charge on any atom is -0.486 e. The molecule has 4 aromatic carbocycles. The third-order valence-electron chi connectivity index (χ3n) is 6.50. The van der Waals surface area contributed by atoms with Crippen molar-refractivity contribution in [1.29, 1.82) is 0 Å². The van der Waals surface area contributed by atoms with Crippen LogP contribution < -0.4 is 15.0 Å². The number of benzene rings is 4. The van der Waals surface area contributed by atoms with Gasteiger partial charge >= 0.3 is 5.97 Å². The van der Waals surface area contributed by atoms with Crippen LogP contribution in [0, 0.1) is 5.82 Å². The molecule has 0 aromatic heterocycles. The van der Waals surface area contributed by atoms with Gasteiger partial charge in [-0.25, -0.2) is 9.18 Å². The van der Waals surface area contributed by atoms with Crippen LogP contribution in [0.5, 0.6) is 5.75 Å². The van der Waals surface area contributed by atoms with Gasteiger partial charge in [-0.2, -0.15) is 0 Å². The number of carbonyl (C=O) groups is 1. The molecule has 0 bridgehead atoms. The maximum absolute atomic E-state index is 14.1. The van der Waals surface area contributed by atoms with Gasteiger partial charge in [0.1, 0.15) is 17.7 Å². The van der Waals surface area contributed by atoms with Crippen molar-refractivity contribution < 1.29 is 19.0 Å². The quantitative estimate of drug-likeness (QED) is 0.331. The number of halogens is 1. The van der Waals surface area contributed by atoms with E-state index in [0.717, 1.165) is 13.0 Å². The summed E-state index contributed by atoms with van der Waals surface area (Å²) in [5, 5.41) is 15.5. The van der Waals surface area contributed by atoms with Crippen molar-refractivity contribution in [3.8, 4) is 5.75 Å². The van der Waals surface area contributed by atoms with Crippen molar-refractivity contribution in [2.75, 3.05) is 18.0 Å². The van der Waals surface area contributed by atoms with E-state index in [0.29, 0.717) is 23.7 Å². The lowest BCUT2D eigenvalue weighted by Gasteiger charge is -2.36. The van der Waals surface area contributed by atoms with Crippen LogP contribution in [0.15, 0.2) is 84.9 Å². The molecule has 1 heterocycles. The van der Waals surface area contributed by atoms with Crippen LogP contribution >= 0.6 is 0 Å². The summed E-state index contributed by atoms with van der Waals surface area (Å²) in [5.74, 6) is -0.774. The molecule has 0 fully saturated rings. The third kappa shape index (κ3) is 4.84. The van der Waals surface area contributed by atoms with E-state index in [9.17, 15) is 14.3 Å². The van der Waals surface area contributed by atoms with Gasteiger partial charge in [-0.05, 0) is 66.6 Å². The van der Waals surface area contributed by atoms with E-state index in [1.54, 1.807) is 24.3 Å². The average Bonchev–Trinajstić information content (AvgIpc) is 2.88. The summed E-state index contributed by atoms with van der Waals surface area (Å²) in [7, 11) is 0. The second-order valence-electron chi connectivity index (χ2n) is 8.85. The fraction of sp³-hybridized carbons (Fsp3) is 0.207. The number of carboxylic acid groups (broad SMARTS) is 1. The molecule has 2 atom stereocenters. The first-order valence-corrected chi connectivity index (χ1v) is 11.8. The van der Waals surface area contributed by atoms with Crippen LogP contribution in [0.4, 0.5) is 15.8 Å². The van der Waals surface area contributed by atoms with Crippen LogP contribution in [-0.2, 0) is 0 Å². The molecule has 0 amide bonds. The van der Waals surface area contributed by atoms with Crippen LogP contribution in [0.3, 0.4) is 0 Å². The Bertz CT molecular complexity index is 1370. The highest BCUT2D eigenvalue weighted by molar-refractivity contribution is 5.89. The summed E-state index contributed by atoms with van der Waals surface area (Å²) >= 11 is 0. The van der Waals surface area contributed by atoms with Crippen LogP contribution in [0.1, 0.15) is 35.3 Å². The first-order valence-electron chi connectivity index (χ1n) is 11.8. The van der Waals surface area contributed by atoms with Crippen molar-refractivity contribution >= 4 is 28.1 Å². The minimum atomic E-state index is -0.997. The number of anilines is 2. The molecule has 0 radical (unpaired) electrons. The molecule has 0 spiro atoms. The highest BCUT2D eigenvalue weighted by Crippen LogP contribution is 2.39. The number of carboxylic acids is 1. The van der Waals surface area contributed by atoms with Crippen molar-refractivity contribution in [3.05, 3.63) is 102 Å². The van der Waals surface area contributed by atoms with Crippen LogP contribution in [0.25, 0.3) is 10.8 Å². The Morgan fingerprint density at radius 2 is 1.89 bits per heavy atom. The van der Waals surface area contributed by atoms with Crippen molar-refractivity contribution in [2.45, 2.75) is 25.5 Å². The smallest absolute Gasteiger partial charge is 0.335 e. The predicted molar refractivity (Wildman–Crippen MR) is 136 cm³/mol. The van der Waals surface area contributed by atoms with E-state index in [1.165, 1.54) is 28.5 Å². The van der Waals surface area contributed by atoms with E-state index >= 15 is 0 Å². The number of nitrogens with one attached hydrogen (secondary N) is 1. The summed E-state index contributed by atoms with van der Waals surface area (Å²) in [4.78, 5) is 13.4. The van der Waals surface area contributed by atoms with Crippen molar-refractivity contribution in [3.63, 3.8) is 0 Å². The van der Waals surface area contributed by atoms with Crippen LogP contribution in [0.2, 0.25) is 0 Å². The fourth-order valence-corrected chi connectivity index (χ4v) is 4.72. The highest BCUT2D eigenvalue weighted by Gasteiger charge is 2.27. The molecule has 178 valence electrons. The normalized spacial score (nSPS) is 15.9. The zero-order chi connectivity index (χ0) is 24.4. The first kappa shape index (κ1) is 22.9. The Balaban J connectivity index is 1.32. The monoisotopic (exact) mass is 470 g/mol. The van der Waals surface area contributed by atoms with Gasteiger partial charge in [0.25, 0.3) is 0 Å². The summed E-state index contributed by atoms with van der Waals surface area (Å²) < 4.78 is 20.3. The van der Waals surface area contributed by atoms with E-state index in [-0.39, 0.29) is 23.5 Å². The van der Waals surface area contributed by atoms with E-state index < -0.39 is 5.97 Å². The number of fused-ring (bicyclic) bond motifs is 2. The summed E-state index contributed by atoms with van der Waals surface area (Å²) in [6.07, 6.45) is 0.592. The molecule has 5 nitrogen and oxygen atoms in total. The Kier molecular flexibility index (Phi) is 6.38. The molecule has 5 rings (SSSR count). The Morgan fingerprint density at radius 3 is 2.74 bits per heavy atom. The standard InChI is InChI=1S/C29H27FN2O3/c1-19(25-11-5-7-20-6-2-3-10-26(20)25)31-15-14-24-18-32(23-9-4-8-21(16-23)29(33)34)27-17-22(30)12-13-28(27)35-24/h2-13,16-17,19,24,31H,14-15,18H2,1H3,(H,33,34). The molecule has 35 heavy (non-hydrogen) atoms. The van der Waals surface area contributed by atoms with Gasteiger partial charge in [0.2, 0.25) is 0 Å². The minimum absolute atomic E-state index is 0.145. The predicted octanol–water partition coefficient (Wildman–Crippen LogP) is 6.32. The lowest BCUT2D eigenvalue weighted by atomic mass is 9.99.